The normalized spacial score (nSPS) is 11.8. The van der Waals surface area contributed by atoms with Gasteiger partial charge in [-0.2, -0.15) is 23.3 Å². The number of nitrogens with one attached hydrogen (secondary N) is 3. The number of amides is 1. The SMILES string of the molecule is CCNC(=O)c1cc(-c2cnn(CCCO)c2)ccc1Nc1nc(Nc2ccc(CP(=O)(OCC)OCC)cc2OC)ncc1C(F)(F)F. The van der Waals surface area contributed by atoms with Gasteiger partial charge in [-0.15, -0.1) is 0 Å². The Bertz CT molecular complexity index is 1780. The minimum atomic E-state index is -4.83. The summed E-state index contributed by atoms with van der Waals surface area (Å²) < 4.78 is 73.4. The van der Waals surface area contributed by atoms with E-state index in [4.69, 9.17) is 18.9 Å². The number of alkyl halides is 3. The lowest BCUT2D eigenvalue weighted by Gasteiger charge is -2.19. The highest BCUT2D eigenvalue weighted by Gasteiger charge is 2.36. The van der Waals surface area contributed by atoms with Gasteiger partial charge in [-0.25, -0.2) is 4.98 Å². The second-order valence-electron chi connectivity index (χ2n) is 10.5. The van der Waals surface area contributed by atoms with E-state index in [0.717, 1.165) is 0 Å². The number of ether oxygens (including phenoxy) is 1. The minimum absolute atomic E-state index is 0.00492. The number of aryl methyl sites for hydroxylation is 1. The molecular formula is C32H39F3N7O6P. The van der Waals surface area contributed by atoms with E-state index in [9.17, 15) is 22.5 Å². The maximum Gasteiger partial charge on any atom is 0.421 e. The lowest BCUT2D eigenvalue weighted by Crippen LogP contribution is -2.24. The zero-order valence-corrected chi connectivity index (χ0v) is 28.4. The van der Waals surface area contributed by atoms with Crippen LogP contribution in [0, 0.1) is 0 Å². The van der Waals surface area contributed by atoms with Gasteiger partial charge in [-0.05, 0) is 62.6 Å². The zero-order chi connectivity index (χ0) is 35.6. The number of nitrogens with zero attached hydrogens (tertiary/aromatic N) is 4. The van der Waals surface area contributed by atoms with E-state index >= 15 is 0 Å². The molecule has 0 atom stereocenters. The fourth-order valence-corrected chi connectivity index (χ4v) is 6.51. The van der Waals surface area contributed by atoms with Crippen molar-refractivity contribution < 1.29 is 41.4 Å². The number of hydrogen-bond donors (Lipinski definition) is 4. The quantitative estimate of drug-likeness (QED) is 0.0860. The number of halogens is 3. The molecular weight excluding hydrogens is 666 g/mol. The van der Waals surface area contributed by atoms with Crippen LogP contribution in [0.15, 0.2) is 55.0 Å². The first-order valence-corrected chi connectivity index (χ1v) is 17.3. The van der Waals surface area contributed by atoms with Gasteiger partial charge in [0.1, 0.15) is 17.1 Å². The van der Waals surface area contributed by atoms with Crippen LogP contribution in [0.3, 0.4) is 0 Å². The third-order valence-corrected chi connectivity index (χ3v) is 9.06. The van der Waals surface area contributed by atoms with Crippen LogP contribution in [0.2, 0.25) is 0 Å². The van der Waals surface area contributed by atoms with E-state index in [0.29, 0.717) is 41.5 Å². The number of carbonyl (C=O) groups is 1. The summed E-state index contributed by atoms with van der Waals surface area (Å²) in [6, 6.07) is 9.53. The third-order valence-electron chi connectivity index (χ3n) is 7.00. The van der Waals surface area contributed by atoms with Crippen molar-refractivity contribution in [2.24, 2.45) is 0 Å². The molecule has 49 heavy (non-hydrogen) atoms. The van der Waals surface area contributed by atoms with Crippen molar-refractivity contribution in [2.45, 2.75) is 46.1 Å². The second kappa shape index (κ2) is 16.7. The first kappa shape index (κ1) is 37.3. The number of aliphatic hydroxyl groups excluding tert-OH is 1. The van der Waals surface area contributed by atoms with Crippen LogP contribution in [0.1, 0.15) is 48.7 Å². The molecule has 4 aromatic rings. The summed E-state index contributed by atoms with van der Waals surface area (Å²) in [5.74, 6) is -1.01. The predicted octanol–water partition coefficient (Wildman–Crippen LogP) is 6.75. The highest BCUT2D eigenvalue weighted by Crippen LogP contribution is 2.51. The Hall–Kier alpha value is -4.50. The molecule has 0 radical (unpaired) electrons. The van der Waals surface area contributed by atoms with Crippen molar-refractivity contribution in [1.82, 2.24) is 25.1 Å². The van der Waals surface area contributed by atoms with E-state index in [2.05, 4.69) is 31.0 Å². The lowest BCUT2D eigenvalue weighted by atomic mass is 10.0. The molecule has 0 saturated heterocycles. The minimum Gasteiger partial charge on any atom is -0.495 e. The molecule has 4 rings (SSSR count). The maximum absolute atomic E-state index is 14.2. The van der Waals surface area contributed by atoms with Crippen LogP contribution >= 0.6 is 7.60 Å². The molecule has 0 fully saturated rings. The van der Waals surface area contributed by atoms with Gasteiger partial charge in [0.15, 0.2) is 0 Å². The summed E-state index contributed by atoms with van der Waals surface area (Å²) in [6.07, 6.45) is -0.349. The molecule has 0 saturated carbocycles. The van der Waals surface area contributed by atoms with E-state index < -0.39 is 31.1 Å². The Morgan fingerprint density at radius 2 is 1.73 bits per heavy atom. The molecule has 17 heteroatoms. The largest absolute Gasteiger partial charge is 0.495 e. The topological polar surface area (TPSA) is 162 Å². The Balaban J connectivity index is 1.68. The third kappa shape index (κ3) is 9.79. The molecule has 264 valence electrons. The number of aliphatic hydroxyl groups is 1. The highest BCUT2D eigenvalue weighted by atomic mass is 31.2. The van der Waals surface area contributed by atoms with E-state index in [1.54, 1.807) is 68.2 Å². The van der Waals surface area contributed by atoms with Crippen molar-refractivity contribution >= 4 is 36.6 Å². The van der Waals surface area contributed by atoms with Gasteiger partial charge in [0.25, 0.3) is 5.91 Å². The van der Waals surface area contributed by atoms with Crippen molar-refractivity contribution in [3.63, 3.8) is 0 Å². The maximum atomic E-state index is 14.2. The van der Waals surface area contributed by atoms with Gasteiger partial charge in [0, 0.05) is 37.7 Å². The van der Waals surface area contributed by atoms with Crippen molar-refractivity contribution in [2.75, 3.05) is 44.1 Å². The van der Waals surface area contributed by atoms with Gasteiger partial charge in [-0.3, -0.25) is 14.0 Å². The molecule has 13 nitrogen and oxygen atoms in total. The second-order valence-corrected chi connectivity index (χ2v) is 12.6. The Kier molecular flexibility index (Phi) is 12.8. The standard InChI is InChI=1S/C32H39F3N7O6P/c1-5-36-30(44)24-16-22(23-17-38-42(19-23)13-8-14-43)10-12-26(24)39-29-25(32(33,34)35)18-37-31(41-29)40-27-11-9-21(15-28(27)46-4)20-49(45,47-6-2)48-7-3/h9-12,15-19,43H,5-8,13-14,20H2,1-4H3,(H,36,44)(H2,37,39,40,41). The van der Waals surface area contributed by atoms with Gasteiger partial charge in [-0.1, -0.05) is 12.1 Å². The Morgan fingerprint density at radius 3 is 2.39 bits per heavy atom. The van der Waals surface area contributed by atoms with Crippen LogP contribution in [-0.2, 0) is 32.5 Å². The highest BCUT2D eigenvalue weighted by molar-refractivity contribution is 7.53. The zero-order valence-electron chi connectivity index (χ0n) is 27.5. The molecule has 0 aliphatic carbocycles. The number of benzene rings is 2. The number of methoxy groups -OCH3 is 1. The van der Waals surface area contributed by atoms with Crippen molar-refractivity contribution in [3.05, 3.63) is 71.7 Å². The average molecular weight is 706 g/mol. The number of anilines is 4. The predicted molar refractivity (Wildman–Crippen MR) is 179 cm³/mol. The fraction of sp³-hybridized carbons (Fsp3) is 0.375. The number of aromatic nitrogens is 4. The molecule has 0 bridgehead atoms. The van der Waals surface area contributed by atoms with E-state index in [1.165, 1.54) is 13.2 Å². The van der Waals surface area contributed by atoms with Crippen LogP contribution in [0.25, 0.3) is 11.1 Å². The molecule has 2 heterocycles. The van der Waals surface area contributed by atoms with Crippen molar-refractivity contribution in [3.8, 4) is 16.9 Å². The molecule has 1 amide bonds. The van der Waals surface area contributed by atoms with E-state index in [-0.39, 0.29) is 55.5 Å². The molecule has 2 aromatic carbocycles. The monoisotopic (exact) mass is 705 g/mol. The summed E-state index contributed by atoms with van der Waals surface area (Å²) in [5.41, 5.74) is 1.20. The average Bonchev–Trinajstić information content (AvgIpc) is 3.53. The smallest absolute Gasteiger partial charge is 0.421 e. The molecule has 2 aromatic heterocycles. The molecule has 0 aliphatic heterocycles. The number of hydrogen-bond acceptors (Lipinski definition) is 11. The van der Waals surface area contributed by atoms with Crippen molar-refractivity contribution in [1.29, 1.82) is 0 Å². The van der Waals surface area contributed by atoms with Gasteiger partial charge < -0.3 is 34.8 Å². The van der Waals surface area contributed by atoms with Gasteiger partial charge >= 0.3 is 13.8 Å². The van der Waals surface area contributed by atoms with Crippen LogP contribution in [0.5, 0.6) is 5.75 Å². The van der Waals surface area contributed by atoms with Gasteiger partial charge in [0.2, 0.25) is 5.95 Å². The number of carbonyl (C=O) groups excluding carboxylic acids is 1. The summed E-state index contributed by atoms with van der Waals surface area (Å²) in [4.78, 5) is 21.1. The molecule has 0 unspecified atom stereocenters. The molecule has 0 spiro atoms. The van der Waals surface area contributed by atoms with Crippen LogP contribution < -0.4 is 20.7 Å². The summed E-state index contributed by atoms with van der Waals surface area (Å²) in [7, 11) is -2.01. The first-order chi connectivity index (χ1) is 23.4. The lowest BCUT2D eigenvalue weighted by molar-refractivity contribution is -0.137. The van der Waals surface area contributed by atoms with Gasteiger partial charge in [0.05, 0.1) is 49.6 Å². The first-order valence-electron chi connectivity index (χ1n) is 15.5. The summed E-state index contributed by atoms with van der Waals surface area (Å²) in [6.45, 7) is 6.31. The number of rotatable bonds is 17. The van der Waals surface area contributed by atoms with E-state index in [1.807, 2.05) is 0 Å². The van der Waals surface area contributed by atoms with Crippen LogP contribution in [-0.4, -0.2) is 64.2 Å². The molecule has 0 aliphatic rings. The summed E-state index contributed by atoms with van der Waals surface area (Å²) >= 11 is 0. The fourth-order valence-electron chi connectivity index (χ4n) is 4.82. The Morgan fingerprint density at radius 1 is 1.00 bits per heavy atom. The Labute approximate surface area is 281 Å². The van der Waals surface area contributed by atoms with Crippen LogP contribution in [0.4, 0.5) is 36.3 Å². The summed E-state index contributed by atoms with van der Waals surface area (Å²) in [5, 5.41) is 21.7. The molecule has 4 N–H and O–H groups in total.